The monoisotopic (exact) mass is 597 g/mol. The van der Waals surface area contributed by atoms with E-state index in [1.165, 1.54) is 24.7 Å². The molecule has 2 unspecified atom stereocenters. The standard InChI is InChI=1S/C29H30ClF2N7O3/c1-15-11-34-23(13-33-15)27(40)37-18-7-5-6-17(10-18)36-26-22(32)12-35-25(38-26)20-14-39(28(41)42-29(2,3)4)24-19(20)8-16(30)9-21(24)31/h8-9,11-14,17-18H,5-7,10H2,1-4H3,(H,37,40)(H,35,36,38). The fourth-order valence-corrected chi connectivity index (χ4v) is 5.13. The Bertz CT molecular complexity index is 1650. The first-order valence-electron chi connectivity index (χ1n) is 13.5. The van der Waals surface area contributed by atoms with Crippen molar-refractivity contribution in [1.29, 1.82) is 0 Å². The van der Waals surface area contributed by atoms with Gasteiger partial charge in [-0.25, -0.2) is 33.1 Å². The van der Waals surface area contributed by atoms with Crippen molar-refractivity contribution in [2.45, 2.75) is 71.1 Å². The quantitative estimate of drug-likeness (QED) is 0.284. The van der Waals surface area contributed by atoms with Gasteiger partial charge in [-0.3, -0.25) is 9.78 Å². The second-order valence-electron chi connectivity index (χ2n) is 11.3. The normalized spacial score (nSPS) is 17.2. The summed E-state index contributed by atoms with van der Waals surface area (Å²) in [6.45, 7) is 6.88. The lowest BCUT2D eigenvalue weighted by molar-refractivity contribution is 0.0543. The number of carbonyl (C=O) groups is 2. The number of nitrogens with one attached hydrogen (secondary N) is 2. The van der Waals surface area contributed by atoms with Crippen molar-refractivity contribution in [3.63, 3.8) is 0 Å². The zero-order chi connectivity index (χ0) is 30.2. The average Bonchev–Trinajstić information content (AvgIpc) is 3.29. The maximum Gasteiger partial charge on any atom is 0.419 e. The van der Waals surface area contributed by atoms with Gasteiger partial charge >= 0.3 is 6.09 Å². The molecule has 42 heavy (non-hydrogen) atoms. The van der Waals surface area contributed by atoms with Crippen LogP contribution in [0.25, 0.3) is 22.3 Å². The molecule has 13 heteroatoms. The number of benzene rings is 1. The van der Waals surface area contributed by atoms with Gasteiger partial charge in [0, 0.05) is 40.4 Å². The van der Waals surface area contributed by atoms with Crippen LogP contribution in [0.4, 0.5) is 19.4 Å². The number of carbonyl (C=O) groups excluding carboxylic acids is 2. The Morgan fingerprint density at radius 1 is 1.05 bits per heavy atom. The third kappa shape index (κ3) is 6.48. The molecule has 1 fully saturated rings. The Hall–Kier alpha value is -4.19. The van der Waals surface area contributed by atoms with Gasteiger partial charge in [0.15, 0.2) is 17.5 Å². The Kier molecular flexibility index (Phi) is 8.09. The second-order valence-corrected chi connectivity index (χ2v) is 11.7. The largest absolute Gasteiger partial charge is 0.443 e. The lowest BCUT2D eigenvalue weighted by Crippen LogP contribution is -2.42. The molecule has 220 valence electrons. The highest BCUT2D eigenvalue weighted by atomic mass is 35.5. The van der Waals surface area contributed by atoms with Crippen LogP contribution in [0.1, 0.15) is 62.6 Å². The number of halogens is 3. The molecule has 5 rings (SSSR count). The molecule has 1 aliphatic carbocycles. The van der Waals surface area contributed by atoms with Gasteiger partial charge in [0.05, 0.1) is 23.6 Å². The predicted octanol–water partition coefficient (Wildman–Crippen LogP) is 6.06. The van der Waals surface area contributed by atoms with Crippen LogP contribution in [-0.4, -0.2) is 54.2 Å². The molecule has 10 nitrogen and oxygen atoms in total. The number of amides is 1. The molecule has 3 aromatic heterocycles. The van der Waals surface area contributed by atoms with E-state index < -0.39 is 23.3 Å². The Balaban J connectivity index is 1.40. The Morgan fingerprint density at radius 3 is 2.52 bits per heavy atom. The van der Waals surface area contributed by atoms with Gasteiger partial charge in [-0.15, -0.1) is 0 Å². The molecule has 2 atom stereocenters. The average molecular weight is 598 g/mol. The lowest BCUT2D eigenvalue weighted by atomic mass is 9.91. The molecule has 4 aromatic rings. The number of ether oxygens (including phenoxy) is 1. The minimum Gasteiger partial charge on any atom is -0.443 e. The van der Waals surface area contributed by atoms with Crippen LogP contribution in [0.3, 0.4) is 0 Å². The van der Waals surface area contributed by atoms with E-state index in [0.717, 1.165) is 36.1 Å². The third-order valence-corrected chi connectivity index (χ3v) is 6.97. The van der Waals surface area contributed by atoms with E-state index in [0.29, 0.717) is 12.1 Å². The molecule has 0 radical (unpaired) electrons. The maximum absolute atomic E-state index is 15.1. The molecule has 1 saturated carbocycles. The maximum atomic E-state index is 15.1. The first-order valence-corrected chi connectivity index (χ1v) is 13.9. The van der Waals surface area contributed by atoms with Gasteiger partial charge in [-0.2, -0.15) is 0 Å². The molecule has 2 N–H and O–H groups in total. The molecular weight excluding hydrogens is 568 g/mol. The number of hydrogen-bond acceptors (Lipinski definition) is 8. The number of fused-ring (bicyclic) bond motifs is 1. The minimum absolute atomic E-state index is 0.0537. The van der Waals surface area contributed by atoms with Crippen molar-refractivity contribution in [2.24, 2.45) is 0 Å². The summed E-state index contributed by atoms with van der Waals surface area (Å²) >= 11 is 6.14. The van der Waals surface area contributed by atoms with Gasteiger partial charge < -0.3 is 15.4 Å². The number of anilines is 1. The number of rotatable bonds is 5. The molecule has 0 bridgehead atoms. The zero-order valence-electron chi connectivity index (χ0n) is 23.5. The number of aryl methyl sites for hydroxylation is 1. The van der Waals surface area contributed by atoms with E-state index in [-0.39, 0.29) is 56.8 Å². The van der Waals surface area contributed by atoms with E-state index in [9.17, 15) is 14.0 Å². The van der Waals surface area contributed by atoms with Crippen molar-refractivity contribution < 1.29 is 23.1 Å². The molecular formula is C29H30ClF2N7O3. The first kappa shape index (κ1) is 29.3. The lowest BCUT2D eigenvalue weighted by Gasteiger charge is -2.30. The highest BCUT2D eigenvalue weighted by Crippen LogP contribution is 2.34. The van der Waals surface area contributed by atoms with Crippen LogP contribution in [0.5, 0.6) is 0 Å². The molecule has 3 heterocycles. The zero-order valence-corrected chi connectivity index (χ0v) is 24.3. The summed E-state index contributed by atoms with van der Waals surface area (Å²) in [5.41, 5.74) is 0.320. The first-order chi connectivity index (χ1) is 19.9. The molecule has 1 aromatic carbocycles. The summed E-state index contributed by atoms with van der Waals surface area (Å²) in [6.07, 6.45) is 7.35. The van der Waals surface area contributed by atoms with Gasteiger partial charge in [0.2, 0.25) is 0 Å². The molecule has 0 aliphatic heterocycles. The summed E-state index contributed by atoms with van der Waals surface area (Å²) < 4.78 is 36.5. The van der Waals surface area contributed by atoms with Gasteiger partial charge in [0.1, 0.15) is 17.1 Å². The highest BCUT2D eigenvalue weighted by molar-refractivity contribution is 6.31. The molecule has 0 saturated heterocycles. The minimum atomic E-state index is -0.828. The van der Waals surface area contributed by atoms with Crippen molar-refractivity contribution in [3.05, 3.63) is 65.0 Å². The summed E-state index contributed by atoms with van der Waals surface area (Å²) in [5, 5.41) is 6.49. The van der Waals surface area contributed by atoms with E-state index in [2.05, 4.69) is 30.6 Å². The van der Waals surface area contributed by atoms with Crippen LogP contribution in [0, 0.1) is 18.6 Å². The van der Waals surface area contributed by atoms with Crippen molar-refractivity contribution in [3.8, 4) is 11.4 Å². The second kappa shape index (κ2) is 11.6. The smallest absolute Gasteiger partial charge is 0.419 e. The van der Waals surface area contributed by atoms with Gasteiger partial charge in [-0.1, -0.05) is 11.6 Å². The molecule has 1 amide bonds. The number of nitrogens with zero attached hydrogens (tertiary/aromatic N) is 5. The van der Waals surface area contributed by atoms with Gasteiger partial charge in [0.25, 0.3) is 5.91 Å². The van der Waals surface area contributed by atoms with E-state index in [1.807, 2.05) is 0 Å². The fraction of sp³-hybridized carbons (Fsp3) is 0.379. The van der Waals surface area contributed by atoms with Crippen molar-refractivity contribution in [1.82, 2.24) is 29.8 Å². The van der Waals surface area contributed by atoms with E-state index in [1.54, 1.807) is 27.7 Å². The van der Waals surface area contributed by atoms with Crippen LogP contribution >= 0.6 is 11.6 Å². The summed E-state index contributed by atoms with van der Waals surface area (Å²) in [4.78, 5) is 42.4. The van der Waals surface area contributed by atoms with Crippen LogP contribution in [0.2, 0.25) is 5.02 Å². The predicted molar refractivity (Wildman–Crippen MR) is 153 cm³/mol. The number of hydrogen-bond donors (Lipinski definition) is 2. The van der Waals surface area contributed by atoms with Crippen LogP contribution in [0.15, 0.2) is 36.9 Å². The highest BCUT2D eigenvalue weighted by Gasteiger charge is 2.27. The van der Waals surface area contributed by atoms with Crippen LogP contribution in [-0.2, 0) is 4.74 Å². The van der Waals surface area contributed by atoms with Crippen molar-refractivity contribution >= 4 is 40.3 Å². The number of aromatic nitrogens is 5. The summed E-state index contributed by atoms with van der Waals surface area (Å²) in [6, 6.07) is 2.23. The Morgan fingerprint density at radius 2 is 1.81 bits per heavy atom. The SMILES string of the molecule is Cc1cnc(C(=O)NC2CCCC(Nc3nc(-c4cn(C(=O)OC(C)(C)C)c5c(F)cc(Cl)cc45)ncc3F)C2)cn1. The van der Waals surface area contributed by atoms with Gasteiger partial charge in [-0.05, 0) is 65.5 Å². The molecule has 1 aliphatic rings. The summed E-state index contributed by atoms with van der Waals surface area (Å²) in [7, 11) is 0. The molecule has 0 spiro atoms. The third-order valence-electron chi connectivity index (χ3n) is 6.76. The van der Waals surface area contributed by atoms with Crippen molar-refractivity contribution in [2.75, 3.05) is 5.32 Å². The van der Waals surface area contributed by atoms with Crippen LogP contribution < -0.4 is 10.6 Å². The Labute approximate surface area is 245 Å². The van der Waals surface area contributed by atoms with E-state index in [4.69, 9.17) is 16.3 Å². The topological polar surface area (TPSA) is 124 Å². The fourth-order valence-electron chi connectivity index (χ4n) is 4.93. The summed E-state index contributed by atoms with van der Waals surface area (Å²) in [5.74, 6) is -1.73. The van der Waals surface area contributed by atoms with E-state index >= 15 is 4.39 Å².